The molecule has 1 atom stereocenters. The summed E-state index contributed by atoms with van der Waals surface area (Å²) in [6, 6.07) is 12.1. The van der Waals surface area contributed by atoms with E-state index in [1.54, 1.807) is 12.1 Å². The molecular formula is C26H35N5O3. The number of anilines is 2. The van der Waals surface area contributed by atoms with Gasteiger partial charge in [0, 0.05) is 52.0 Å². The molecule has 34 heavy (non-hydrogen) atoms. The molecule has 2 aliphatic heterocycles. The molecule has 1 saturated heterocycles. The first kappa shape index (κ1) is 24.0. The van der Waals surface area contributed by atoms with E-state index in [1.165, 1.54) is 23.9 Å². The first-order valence-electron chi connectivity index (χ1n) is 11.9. The molecule has 2 heterocycles. The molecule has 0 bridgehead atoms. The average molecular weight is 466 g/mol. The number of hydrogen-bond donors (Lipinski definition) is 2. The minimum Gasteiger partial charge on any atom is -0.495 e. The van der Waals surface area contributed by atoms with Gasteiger partial charge in [-0.05, 0) is 55.3 Å². The van der Waals surface area contributed by atoms with E-state index in [2.05, 4.69) is 57.6 Å². The van der Waals surface area contributed by atoms with Crippen LogP contribution in [-0.2, 0) is 16.0 Å². The van der Waals surface area contributed by atoms with Crippen LogP contribution in [0.3, 0.4) is 0 Å². The lowest BCUT2D eigenvalue weighted by molar-refractivity contribution is -0.136. The van der Waals surface area contributed by atoms with Gasteiger partial charge in [0.2, 0.25) is 0 Å². The summed E-state index contributed by atoms with van der Waals surface area (Å²) in [4.78, 5) is 32.4. The summed E-state index contributed by atoms with van der Waals surface area (Å²) in [5, 5.41) is 5.57. The molecule has 2 aromatic rings. The second-order valence-electron chi connectivity index (χ2n) is 9.28. The molecular weight excluding hydrogens is 430 g/mol. The van der Waals surface area contributed by atoms with E-state index < -0.39 is 11.8 Å². The summed E-state index contributed by atoms with van der Waals surface area (Å²) in [5.41, 5.74) is 5.25. The maximum absolute atomic E-state index is 12.7. The van der Waals surface area contributed by atoms with Crippen molar-refractivity contribution >= 4 is 23.2 Å². The minimum absolute atomic E-state index is 0.00941. The van der Waals surface area contributed by atoms with Crippen molar-refractivity contribution in [3.8, 4) is 5.75 Å². The number of fused-ring (bicyclic) bond motifs is 1. The van der Waals surface area contributed by atoms with Gasteiger partial charge >= 0.3 is 11.8 Å². The number of piperazine rings is 1. The number of amides is 2. The van der Waals surface area contributed by atoms with Crippen molar-refractivity contribution in [3.05, 3.63) is 53.1 Å². The average Bonchev–Trinajstić information content (AvgIpc) is 3.20. The molecule has 1 fully saturated rings. The zero-order valence-electron chi connectivity index (χ0n) is 20.6. The van der Waals surface area contributed by atoms with E-state index in [0.29, 0.717) is 18.0 Å². The van der Waals surface area contributed by atoms with Gasteiger partial charge < -0.3 is 25.2 Å². The molecule has 4 rings (SSSR count). The molecule has 0 saturated carbocycles. The first-order valence-corrected chi connectivity index (χ1v) is 11.9. The molecule has 0 unspecified atom stereocenters. The van der Waals surface area contributed by atoms with Crippen LogP contribution in [0.1, 0.15) is 22.7 Å². The number of aryl methyl sites for hydroxylation is 1. The van der Waals surface area contributed by atoms with Crippen molar-refractivity contribution in [2.45, 2.75) is 19.4 Å². The van der Waals surface area contributed by atoms with Crippen LogP contribution in [0.4, 0.5) is 11.4 Å². The highest BCUT2D eigenvalue weighted by Gasteiger charge is 2.27. The fraction of sp³-hybridized carbons (Fsp3) is 0.462. The number of benzene rings is 2. The van der Waals surface area contributed by atoms with Crippen molar-refractivity contribution in [1.29, 1.82) is 0 Å². The molecule has 0 aliphatic carbocycles. The Morgan fingerprint density at radius 3 is 2.50 bits per heavy atom. The standard InChI is InChI=1S/C26H35N5O3/c1-18-5-8-24(34-4)21(15-18)28-26(33)25(32)27-17-23(31-13-11-29(2)12-14-31)19-6-7-22-20(16-19)9-10-30(22)3/h5-8,15-16,23H,9-14,17H2,1-4H3,(H,27,32)(H,28,33)/t23-/m0/s1. The largest absolute Gasteiger partial charge is 0.495 e. The number of likely N-dealkylation sites (N-methyl/N-ethyl adjacent to an activating group) is 2. The number of methoxy groups -OCH3 is 1. The van der Waals surface area contributed by atoms with Gasteiger partial charge in [-0.15, -0.1) is 0 Å². The van der Waals surface area contributed by atoms with Crippen LogP contribution >= 0.6 is 0 Å². The molecule has 2 N–H and O–H groups in total. The minimum atomic E-state index is -0.698. The van der Waals surface area contributed by atoms with E-state index >= 15 is 0 Å². The van der Waals surface area contributed by atoms with Crippen LogP contribution in [0.25, 0.3) is 0 Å². The lowest BCUT2D eigenvalue weighted by atomic mass is 10.00. The maximum atomic E-state index is 12.7. The van der Waals surface area contributed by atoms with E-state index in [9.17, 15) is 9.59 Å². The fourth-order valence-electron chi connectivity index (χ4n) is 4.75. The highest BCUT2D eigenvalue weighted by molar-refractivity contribution is 6.39. The van der Waals surface area contributed by atoms with Gasteiger partial charge in [0.05, 0.1) is 18.8 Å². The molecule has 182 valence electrons. The molecule has 8 heteroatoms. The smallest absolute Gasteiger partial charge is 0.313 e. The van der Waals surface area contributed by atoms with Crippen molar-refractivity contribution in [3.63, 3.8) is 0 Å². The second kappa shape index (κ2) is 10.4. The van der Waals surface area contributed by atoms with Gasteiger partial charge in [-0.25, -0.2) is 0 Å². The Morgan fingerprint density at radius 1 is 1.00 bits per heavy atom. The Morgan fingerprint density at radius 2 is 1.76 bits per heavy atom. The highest BCUT2D eigenvalue weighted by Crippen LogP contribution is 2.31. The summed E-state index contributed by atoms with van der Waals surface area (Å²) >= 11 is 0. The Balaban J connectivity index is 1.47. The van der Waals surface area contributed by atoms with E-state index in [1.807, 2.05) is 13.0 Å². The van der Waals surface area contributed by atoms with E-state index in [-0.39, 0.29) is 6.04 Å². The Hall–Kier alpha value is -3.10. The van der Waals surface area contributed by atoms with Crippen LogP contribution in [-0.4, -0.2) is 82.1 Å². The third kappa shape index (κ3) is 5.34. The number of carbonyl (C=O) groups is 2. The first-order chi connectivity index (χ1) is 16.4. The fourth-order valence-corrected chi connectivity index (χ4v) is 4.75. The van der Waals surface area contributed by atoms with Crippen LogP contribution < -0.4 is 20.3 Å². The SMILES string of the molecule is COc1ccc(C)cc1NC(=O)C(=O)NC[C@@H](c1ccc2c(c1)CCN2C)N1CCN(C)CC1. The Kier molecular flexibility index (Phi) is 7.38. The van der Waals surface area contributed by atoms with Crippen LogP contribution in [0, 0.1) is 6.92 Å². The van der Waals surface area contributed by atoms with Crippen molar-refractivity contribution in [2.75, 3.05) is 70.7 Å². The number of ether oxygens (including phenoxy) is 1. The Labute approximate surface area is 201 Å². The van der Waals surface area contributed by atoms with E-state index in [0.717, 1.165) is 44.7 Å². The van der Waals surface area contributed by atoms with E-state index in [4.69, 9.17) is 4.74 Å². The lowest BCUT2D eigenvalue weighted by Gasteiger charge is -2.38. The monoisotopic (exact) mass is 465 g/mol. The molecule has 2 aromatic carbocycles. The molecule has 2 aliphatic rings. The van der Waals surface area contributed by atoms with Crippen molar-refractivity contribution < 1.29 is 14.3 Å². The quantitative estimate of drug-likeness (QED) is 0.636. The maximum Gasteiger partial charge on any atom is 0.313 e. The number of nitrogens with one attached hydrogen (secondary N) is 2. The van der Waals surface area contributed by atoms with Gasteiger partial charge in [0.25, 0.3) is 0 Å². The zero-order valence-corrected chi connectivity index (χ0v) is 20.6. The molecule has 0 spiro atoms. The van der Waals surface area contributed by atoms with Crippen LogP contribution in [0.2, 0.25) is 0 Å². The third-order valence-corrected chi connectivity index (χ3v) is 6.86. The van der Waals surface area contributed by atoms with Gasteiger partial charge in [0.1, 0.15) is 5.75 Å². The van der Waals surface area contributed by atoms with Crippen LogP contribution in [0.15, 0.2) is 36.4 Å². The summed E-state index contributed by atoms with van der Waals surface area (Å²) in [7, 11) is 5.78. The van der Waals surface area contributed by atoms with Crippen LogP contribution in [0.5, 0.6) is 5.75 Å². The third-order valence-electron chi connectivity index (χ3n) is 6.86. The summed E-state index contributed by atoms with van der Waals surface area (Å²) in [6.45, 7) is 7.11. The topological polar surface area (TPSA) is 77.1 Å². The molecule has 0 radical (unpaired) electrons. The molecule has 2 amide bonds. The summed E-state index contributed by atoms with van der Waals surface area (Å²) in [6.07, 6.45) is 1.03. The second-order valence-corrected chi connectivity index (χ2v) is 9.28. The predicted molar refractivity (Wildman–Crippen MR) is 135 cm³/mol. The van der Waals surface area contributed by atoms with Gasteiger partial charge in [-0.1, -0.05) is 18.2 Å². The number of nitrogens with zero attached hydrogens (tertiary/aromatic N) is 3. The normalized spacial score (nSPS) is 17.2. The predicted octanol–water partition coefficient (Wildman–Crippen LogP) is 2.04. The van der Waals surface area contributed by atoms with Gasteiger partial charge in [-0.3, -0.25) is 14.5 Å². The van der Waals surface area contributed by atoms with Crippen molar-refractivity contribution in [2.24, 2.45) is 0 Å². The number of carbonyl (C=O) groups excluding carboxylic acids is 2. The highest BCUT2D eigenvalue weighted by atomic mass is 16.5. The zero-order chi connectivity index (χ0) is 24.2. The molecule has 8 nitrogen and oxygen atoms in total. The van der Waals surface area contributed by atoms with Gasteiger partial charge in [-0.2, -0.15) is 0 Å². The Bertz CT molecular complexity index is 1050. The number of rotatable bonds is 6. The number of hydrogen-bond acceptors (Lipinski definition) is 6. The molecule has 0 aromatic heterocycles. The summed E-state index contributed by atoms with van der Waals surface area (Å²) in [5.74, 6) is -0.828. The summed E-state index contributed by atoms with van der Waals surface area (Å²) < 4.78 is 5.31. The van der Waals surface area contributed by atoms with Crippen molar-refractivity contribution in [1.82, 2.24) is 15.1 Å². The van der Waals surface area contributed by atoms with Gasteiger partial charge in [0.15, 0.2) is 0 Å². The lowest BCUT2D eigenvalue weighted by Crippen LogP contribution is -2.49.